The third kappa shape index (κ3) is 3.07. The zero-order chi connectivity index (χ0) is 9.19. The maximum Gasteiger partial charge on any atom is 0.155 e. The van der Waals surface area contributed by atoms with Gasteiger partial charge in [-0.2, -0.15) is 0 Å². The molecule has 2 heteroatoms. The average Bonchev–Trinajstić information content (AvgIpc) is 2.60. The molecule has 1 saturated heterocycles. The highest BCUT2D eigenvalue weighted by atomic mass is 16.6. The van der Waals surface area contributed by atoms with Gasteiger partial charge in [0.25, 0.3) is 0 Å². The molecule has 0 amide bonds. The Morgan fingerprint density at radius 1 is 1.50 bits per heavy atom. The molecule has 1 atom stereocenters. The molecule has 68 valence electrons. The Labute approximate surface area is 73.6 Å². The van der Waals surface area contributed by atoms with Gasteiger partial charge in [0.15, 0.2) is 6.10 Å². The van der Waals surface area contributed by atoms with Crippen LogP contribution in [0.25, 0.3) is 0 Å². The number of carbonyl (C=O) groups excluding carboxylic acids is 1. The highest BCUT2D eigenvalue weighted by Gasteiger charge is 2.33. The number of hydrogen-bond donors (Lipinski definition) is 0. The Kier molecular flexibility index (Phi) is 2.55. The second kappa shape index (κ2) is 3.30. The van der Waals surface area contributed by atoms with Gasteiger partial charge >= 0.3 is 0 Å². The minimum Gasteiger partial charge on any atom is -0.483 e. The standard InChI is InChI=1S/C10H16O2/c1-10(2,3)7-9-8(12-9)5-4-6-11/h6-8H,4-5H2,1-3H3/b9-7-. The van der Waals surface area contributed by atoms with Crippen molar-refractivity contribution >= 4 is 6.29 Å². The molecule has 1 aliphatic heterocycles. The molecule has 12 heavy (non-hydrogen) atoms. The van der Waals surface area contributed by atoms with Crippen LogP contribution in [0.5, 0.6) is 0 Å². The lowest BCUT2D eigenvalue weighted by Gasteiger charge is -2.08. The van der Waals surface area contributed by atoms with Crippen LogP contribution in [-0.4, -0.2) is 12.4 Å². The van der Waals surface area contributed by atoms with Crippen LogP contribution in [0.3, 0.4) is 0 Å². The zero-order valence-electron chi connectivity index (χ0n) is 7.96. The minimum absolute atomic E-state index is 0.186. The molecule has 0 aromatic rings. The van der Waals surface area contributed by atoms with Gasteiger partial charge in [-0.05, 0) is 17.9 Å². The molecule has 0 aromatic heterocycles. The van der Waals surface area contributed by atoms with Gasteiger partial charge in [0, 0.05) is 6.42 Å². The fourth-order valence-corrected chi connectivity index (χ4v) is 1.10. The van der Waals surface area contributed by atoms with E-state index in [1.807, 2.05) is 0 Å². The van der Waals surface area contributed by atoms with Crippen LogP contribution in [0, 0.1) is 5.41 Å². The lowest BCUT2D eigenvalue weighted by molar-refractivity contribution is -0.108. The largest absolute Gasteiger partial charge is 0.483 e. The molecular weight excluding hydrogens is 152 g/mol. The first-order valence-corrected chi connectivity index (χ1v) is 4.36. The molecule has 0 saturated carbocycles. The minimum atomic E-state index is 0.186. The van der Waals surface area contributed by atoms with Crippen molar-refractivity contribution in [3.05, 3.63) is 11.8 Å². The van der Waals surface area contributed by atoms with E-state index in [1.165, 1.54) is 0 Å². The van der Waals surface area contributed by atoms with E-state index in [2.05, 4.69) is 26.8 Å². The number of hydrogen-bond acceptors (Lipinski definition) is 2. The number of aldehydes is 1. The molecule has 1 rings (SSSR count). The first-order chi connectivity index (χ1) is 5.53. The summed E-state index contributed by atoms with van der Waals surface area (Å²) in [5.74, 6) is 1.06. The second-order valence-electron chi connectivity index (χ2n) is 4.26. The van der Waals surface area contributed by atoms with Gasteiger partial charge in [0.05, 0.1) is 0 Å². The summed E-state index contributed by atoms with van der Waals surface area (Å²) < 4.78 is 5.30. The van der Waals surface area contributed by atoms with Crippen LogP contribution >= 0.6 is 0 Å². The van der Waals surface area contributed by atoms with E-state index in [1.54, 1.807) is 0 Å². The SMILES string of the molecule is CC(C)(C)/C=C1\OC1CCC=O. The summed E-state index contributed by atoms with van der Waals surface area (Å²) in [5, 5.41) is 0. The van der Waals surface area contributed by atoms with E-state index in [0.29, 0.717) is 6.42 Å². The highest BCUT2D eigenvalue weighted by Crippen LogP contribution is 2.34. The first-order valence-electron chi connectivity index (χ1n) is 4.36. The predicted octanol–water partition coefficient (Wildman–Crippen LogP) is 2.29. The van der Waals surface area contributed by atoms with Crippen molar-refractivity contribution in [3.8, 4) is 0 Å². The van der Waals surface area contributed by atoms with Gasteiger partial charge in [0.1, 0.15) is 12.0 Å². The van der Waals surface area contributed by atoms with Crippen molar-refractivity contribution in [1.29, 1.82) is 0 Å². The summed E-state index contributed by atoms with van der Waals surface area (Å²) in [4.78, 5) is 10.1. The van der Waals surface area contributed by atoms with Crippen LogP contribution in [0.4, 0.5) is 0 Å². The third-order valence-corrected chi connectivity index (χ3v) is 1.66. The van der Waals surface area contributed by atoms with E-state index in [0.717, 1.165) is 18.5 Å². The zero-order valence-corrected chi connectivity index (χ0v) is 7.96. The van der Waals surface area contributed by atoms with Gasteiger partial charge in [-0.1, -0.05) is 20.8 Å². The maximum atomic E-state index is 10.1. The van der Waals surface area contributed by atoms with Crippen LogP contribution < -0.4 is 0 Å². The molecule has 0 radical (unpaired) electrons. The van der Waals surface area contributed by atoms with Crippen molar-refractivity contribution in [2.45, 2.75) is 39.7 Å². The van der Waals surface area contributed by atoms with E-state index < -0.39 is 0 Å². The Morgan fingerprint density at radius 2 is 2.17 bits per heavy atom. The molecular formula is C10H16O2. The molecule has 0 aromatic carbocycles. The fourth-order valence-electron chi connectivity index (χ4n) is 1.10. The van der Waals surface area contributed by atoms with Crippen molar-refractivity contribution in [2.24, 2.45) is 5.41 Å². The van der Waals surface area contributed by atoms with E-state index in [-0.39, 0.29) is 11.5 Å². The van der Waals surface area contributed by atoms with Gasteiger partial charge < -0.3 is 9.53 Å². The number of allylic oxidation sites excluding steroid dienone is 1. The molecule has 1 heterocycles. The number of carbonyl (C=O) groups is 1. The molecule has 1 unspecified atom stereocenters. The van der Waals surface area contributed by atoms with Crippen molar-refractivity contribution in [1.82, 2.24) is 0 Å². The van der Waals surface area contributed by atoms with Gasteiger partial charge in [0.2, 0.25) is 0 Å². The summed E-state index contributed by atoms with van der Waals surface area (Å²) >= 11 is 0. The van der Waals surface area contributed by atoms with E-state index >= 15 is 0 Å². The van der Waals surface area contributed by atoms with Gasteiger partial charge in [-0.25, -0.2) is 0 Å². The number of epoxide rings is 1. The van der Waals surface area contributed by atoms with Crippen molar-refractivity contribution < 1.29 is 9.53 Å². The lowest BCUT2D eigenvalue weighted by Crippen LogP contribution is -1.98. The topological polar surface area (TPSA) is 29.6 Å². The smallest absolute Gasteiger partial charge is 0.155 e. The Hall–Kier alpha value is -0.790. The average molecular weight is 168 g/mol. The monoisotopic (exact) mass is 168 g/mol. The van der Waals surface area contributed by atoms with Gasteiger partial charge in [-0.3, -0.25) is 0 Å². The van der Waals surface area contributed by atoms with Crippen LogP contribution in [0.15, 0.2) is 11.8 Å². The molecule has 1 aliphatic rings. The summed E-state index contributed by atoms with van der Waals surface area (Å²) in [7, 11) is 0. The Morgan fingerprint density at radius 3 is 2.67 bits per heavy atom. The molecule has 0 aliphatic carbocycles. The summed E-state index contributed by atoms with van der Waals surface area (Å²) in [6.07, 6.45) is 4.74. The molecule has 0 N–H and O–H groups in total. The molecule has 0 spiro atoms. The number of rotatable bonds is 3. The van der Waals surface area contributed by atoms with Crippen LogP contribution in [0.1, 0.15) is 33.6 Å². The third-order valence-electron chi connectivity index (χ3n) is 1.66. The van der Waals surface area contributed by atoms with E-state index in [4.69, 9.17) is 4.74 Å². The molecule has 0 bridgehead atoms. The Balaban J connectivity index is 2.32. The predicted molar refractivity (Wildman–Crippen MR) is 47.7 cm³/mol. The molecule has 1 fully saturated rings. The van der Waals surface area contributed by atoms with Crippen molar-refractivity contribution in [2.75, 3.05) is 0 Å². The van der Waals surface area contributed by atoms with E-state index in [9.17, 15) is 4.79 Å². The highest BCUT2D eigenvalue weighted by molar-refractivity contribution is 5.49. The summed E-state index contributed by atoms with van der Waals surface area (Å²) in [6.45, 7) is 6.41. The second-order valence-corrected chi connectivity index (χ2v) is 4.26. The fraction of sp³-hybridized carbons (Fsp3) is 0.700. The normalized spacial score (nSPS) is 25.2. The van der Waals surface area contributed by atoms with Crippen LogP contribution in [-0.2, 0) is 9.53 Å². The van der Waals surface area contributed by atoms with Crippen molar-refractivity contribution in [3.63, 3.8) is 0 Å². The number of ether oxygens (including phenoxy) is 1. The van der Waals surface area contributed by atoms with Gasteiger partial charge in [-0.15, -0.1) is 0 Å². The lowest BCUT2D eigenvalue weighted by atomic mass is 9.96. The maximum absolute atomic E-state index is 10.1. The molecule has 2 nitrogen and oxygen atoms in total. The van der Waals surface area contributed by atoms with Crippen LogP contribution in [0.2, 0.25) is 0 Å². The summed E-state index contributed by atoms with van der Waals surface area (Å²) in [5.41, 5.74) is 0.186. The first kappa shape index (κ1) is 9.30. The summed E-state index contributed by atoms with van der Waals surface area (Å²) in [6, 6.07) is 0. The quantitative estimate of drug-likeness (QED) is 0.478. The Bertz CT molecular complexity index is 198.